The number of nitrogens with one attached hydrogen (secondary N) is 2. The minimum atomic E-state index is -0.750. The van der Waals surface area contributed by atoms with Gasteiger partial charge in [-0.25, -0.2) is 0 Å². The fourth-order valence-corrected chi connectivity index (χ4v) is 4.13. The lowest BCUT2D eigenvalue weighted by molar-refractivity contribution is -0.113. The van der Waals surface area contributed by atoms with Crippen LogP contribution >= 0.6 is 11.8 Å². The van der Waals surface area contributed by atoms with Gasteiger partial charge in [-0.05, 0) is 62.2 Å². The molecule has 2 aromatic carbocycles. The Labute approximate surface area is 202 Å². The highest BCUT2D eigenvalue weighted by Crippen LogP contribution is 2.22. The molecular formula is C24H29N5O4S. The summed E-state index contributed by atoms with van der Waals surface area (Å²) >= 11 is 1.25. The van der Waals surface area contributed by atoms with E-state index in [4.69, 9.17) is 4.74 Å². The largest absolute Gasteiger partial charge is 0.497 e. The van der Waals surface area contributed by atoms with Crippen LogP contribution < -0.4 is 15.4 Å². The fourth-order valence-electron chi connectivity index (χ4n) is 3.32. The van der Waals surface area contributed by atoms with Gasteiger partial charge in [-0.2, -0.15) is 0 Å². The molecule has 0 bridgehead atoms. The number of amides is 2. The van der Waals surface area contributed by atoms with E-state index in [1.165, 1.54) is 11.8 Å². The van der Waals surface area contributed by atoms with Crippen LogP contribution in [0, 0.1) is 13.8 Å². The van der Waals surface area contributed by atoms with Crippen molar-refractivity contribution in [2.45, 2.75) is 38.5 Å². The molecule has 0 saturated carbocycles. The second-order valence-electron chi connectivity index (χ2n) is 7.68. The molecule has 9 nitrogen and oxygen atoms in total. The zero-order valence-electron chi connectivity index (χ0n) is 19.7. The minimum Gasteiger partial charge on any atom is -0.497 e. The average molecular weight is 484 g/mol. The van der Waals surface area contributed by atoms with Crippen LogP contribution in [-0.2, 0) is 11.3 Å². The molecule has 10 heteroatoms. The molecule has 0 aliphatic heterocycles. The molecule has 34 heavy (non-hydrogen) atoms. The third-order valence-corrected chi connectivity index (χ3v) is 6.18. The summed E-state index contributed by atoms with van der Waals surface area (Å²) in [4.78, 5) is 25.2. The molecule has 2 amide bonds. The van der Waals surface area contributed by atoms with Gasteiger partial charge in [-0.3, -0.25) is 9.59 Å². The Kier molecular flexibility index (Phi) is 8.67. The number of ether oxygens (including phenoxy) is 1. The molecule has 0 aliphatic rings. The third-order valence-electron chi connectivity index (χ3n) is 5.21. The van der Waals surface area contributed by atoms with Gasteiger partial charge in [0.1, 0.15) is 11.8 Å². The molecule has 1 aromatic heterocycles. The van der Waals surface area contributed by atoms with Crippen molar-refractivity contribution in [1.29, 1.82) is 0 Å². The van der Waals surface area contributed by atoms with Crippen LogP contribution in [0.15, 0.2) is 47.6 Å². The van der Waals surface area contributed by atoms with Crippen LogP contribution in [0.4, 0.5) is 5.69 Å². The number of carbonyl (C=O) groups excluding carboxylic acids is 2. The predicted molar refractivity (Wildman–Crippen MR) is 131 cm³/mol. The monoisotopic (exact) mass is 483 g/mol. The SMILES string of the molecule is CCn1c(SCC(=O)Nc2cc(C)ccc2C)nnc1[C@H](CO)NC(=O)c1ccc(OC)cc1. The first kappa shape index (κ1) is 25.3. The molecule has 3 N–H and O–H groups in total. The van der Waals surface area contributed by atoms with Crippen molar-refractivity contribution in [2.24, 2.45) is 0 Å². The van der Waals surface area contributed by atoms with E-state index < -0.39 is 6.04 Å². The molecule has 0 unspecified atom stereocenters. The lowest BCUT2D eigenvalue weighted by Crippen LogP contribution is -2.32. The number of aliphatic hydroxyl groups is 1. The molecule has 0 radical (unpaired) electrons. The number of anilines is 1. The Balaban J connectivity index is 1.67. The topological polar surface area (TPSA) is 118 Å². The number of benzene rings is 2. The highest BCUT2D eigenvalue weighted by molar-refractivity contribution is 7.99. The Morgan fingerprint density at radius 3 is 2.53 bits per heavy atom. The van der Waals surface area contributed by atoms with Gasteiger partial charge < -0.3 is 25.0 Å². The van der Waals surface area contributed by atoms with E-state index >= 15 is 0 Å². The maximum Gasteiger partial charge on any atom is 0.251 e. The summed E-state index contributed by atoms with van der Waals surface area (Å²) in [6.45, 7) is 5.99. The number of aliphatic hydroxyl groups excluding tert-OH is 1. The van der Waals surface area contributed by atoms with Crippen molar-refractivity contribution in [1.82, 2.24) is 20.1 Å². The summed E-state index contributed by atoms with van der Waals surface area (Å²) in [5.74, 6) is 0.702. The van der Waals surface area contributed by atoms with Gasteiger partial charge in [0.2, 0.25) is 5.91 Å². The predicted octanol–water partition coefficient (Wildman–Crippen LogP) is 3.12. The number of rotatable bonds is 10. The summed E-state index contributed by atoms with van der Waals surface area (Å²) in [5.41, 5.74) is 3.27. The fraction of sp³-hybridized carbons (Fsp3) is 0.333. The number of methoxy groups -OCH3 is 1. The number of carbonyl (C=O) groups is 2. The molecule has 1 atom stereocenters. The number of hydrogen-bond acceptors (Lipinski definition) is 7. The molecule has 0 fully saturated rings. The quantitative estimate of drug-likeness (QED) is 0.379. The molecule has 180 valence electrons. The van der Waals surface area contributed by atoms with Crippen LogP contribution in [0.3, 0.4) is 0 Å². The van der Waals surface area contributed by atoms with E-state index in [-0.39, 0.29) is 24.2 Å². The summed E-state index contributed by atoms with van der Waals surface area (Å²) in [6, 6.07) is 11.8. The van der Waals surface area contributed by atoms with E-state index in [0.717, 1.165) is 16.8 Å². The molecule has 0 aliphatic carbocycles. The summed E-state index contributed by atoms with van der Waals surface area (Å²) < 4.78 is 6.90. The number of hydrogen-bond donors (Lipinski definition) is 3. The highest BCUT2D eigenvalue weighted by atomic mass is 32.2. The van der Waals surface area contributed by atoms with Crippen LogP contribution in [0.2, 0.25) is 0 Å². The van der Waals surface area contributed by atoms with E-state index in [9.17, 15) is 14.7 Å². The number of aryl methyl sites for hydroxylation is 2. The zero-order valence-corrected chi connectivity index (χ0v) is 20.5. The molecule has 1 heterocycles. The van der Waals surface area contributed by atoms with Gasteiger partial charge in [-0.15, -0.1) is 10.2 Å². The Morgan fingerprint density at radius 2 is 1.88 bits per heavy atom. The van der Waals surface area contributed by atoms with Crippen LogP contribution in [0.25, 0.3) is 0 Å². The first-order valence-corrected chi connectivity index (χ1v) is 11.8. The van der Waals surface area contributed by atoms with Gasteiger partial charge in [0.25, 0.3) is 5.91 Å². The van der Waals surface area contributed by atoms with Crippen molar-refractivity contribution in [3.8, 4) is 5.75 Å². The van der Waals surface area contributed by atoms with Gasteiger partial charge >= 0.3 is 0 Å². The molecule has 0 saturated heterocycles. The average Bonchev–Trinajstić information content (AvgIpc) is 3.26. The third kappa shape index (κ3) is 6.15. The van der Waals surface area contributed by atoms with Crippen LogP contribution in [-0.4, -0.2) is 51.2 Å². The molecule has 3 aromatic rings. The number of aromatic nitrogens is 3. The maximum absolute atomic E-state index is 12.7. The van der Waals surface area contributed by atoms with Gasteiger partial charge in [0.05, 0.1) is 19.5 Å². The second kappa shape index (κ2) is 11.7. The molecule has 0 spiro atoms. The van der Waals surface area contributed by atoms with Crippen LogP contribution in [0.5, 0.6) is 5.75 Å². The van der Waals surface area contributed by atoms with Crippen molar-refractivity contribution in [3.63, 3.8) is 0 Å². The normalized spacial score (nSPS) is 11.7. The van der Waals surface area contributed by atoms with Crippen molar-refractivity contribution < 1.29 is 19.4 Å². The van der Waals surface area contributed by atoms with Crippen LogP contribution in [0.1, 0.15) is 40.3 Å². The Hall–Kier alpha value is -3.37. The summed E-state index contributed by atoms with van der Waals surface area (Å²) in [6.07, 6.45) is 0. The Morgan fingerprint density at radius 1 is 1.15 bits per heavy atom. The van der Waals surface area contributed by atoms with Crippen molar-refractivity contribution in [2.75, 3.05) is 24.8 Å². The van der Waals surface area contributed by atoms with Gasteiger partial charge in [0, 0.05) is 17.8 Å². The number of nitrogens with zero attached hydrogens (tertiary/aromatic N) is 3. The summed E-state index contributed by atoms with van der Waals surface area (Å²) in [5, 5.41) is 24.6. The van der Waals surface area contributed by atoms with Gasteiger partial charge in [0.15, 0.2) is 11.0 Å². The maximum atomic E-state index is 12.7. The van der Waals surface area contributed by atoms with Crippen molar-refractivity contribution >= 4 is 29.3 Å². The lowest BCUT2D eigenvalue weighted by Gasteiger charge is -2.17. The zero-order chi connectivity index (χ0) is 24.7. The second-order valence-corrected chi connectivity index (χ2v) is 8.62. The minimum absolute atomic E-state index is 0.146. The smallest absolute Gasteiger partial charge is 0.251 e. The van der Waals surface area contributed by atoms with E-state index in [0.29, 0.717) is 28.8 Å². The van der Waals surface area contributed by atoms with E-state index in [2.05, 4.69) is 20.8 Å². The highest BCUT2D eigenvalue weighted by Gasteiger charge is 2.23. The molecule has 3 rings (SSSR count). The first-order chi connectivity index (χ1) is 16.4. The van der Waals surface area contributed by atoms with E-state index in [1.807, 2.05) is 39.0 Å². The van der Waals surface area contributed by atoms with E-state index in [1.54, 1.807) is 35.9 Å². The molecular weight excluding hydrogens is 454 g/mol. The first-order valence-electron chi connectivity index (χ1n) is 10.8. The standard InChI is InChI=1S/C24H29N5O4S/c1-5-29-22(20(13-30)26-23(32)17-8-10-18(33-4)11-9-17)27-28-24(29)34-14-21(31)25-19-12-15(2)6-7-16(19)3/h6-12,20,30H,5,13-14H2,1-4H3,(H,25,31)(H,26,32)/t20-/m0/s1. The Bertz CT molecular complexity index is 1150. The summed E-state index contributed by atoms with van der Waals surface area (Å²) in [7, 11) is 1.55. The van der Waals surface area contributed by atoms with Gasteiger partial charge in [-0.1, -0.05) is 23.9 Å². The van der Waals surface area contributed by atoms with Crippen molar-refractivity contribution in [3.05, 3.63) is 65.0 Å². The lowest BCUT2D eigenvalue weighted by atomic mass is 10.1. The number of thioether (sulfide) groups is 1.